The minimum atomic E-state index is 0.203. The van der Waals surface area contributed by atoms with Crippen molar-refractivity contribution in [2.45, 2.75) is 26.2 Å². The van der Waals surface area contributed by atoms with Crippen LogP contribution in [0.3, 0.4) is 0 Å². The minimum absolute atomic E-state index is 0.203. The predicted molar refractivity (Wildman–Crippen MR) is 95.8 cm³/mol. The van der Waals surface area contributed by atoms with Gasteiger partial charge < -0.3 is 0 Å². The predicted octanol–water partition coefficient (Wildman–Crippen LogP) is 6.57. The molecular weight excluding hydrogens is 320 g/mol. The van der Waals surface area contributed by atoms with Crippen LogP contribution < -0.4 is 0 Å². The van der Waals surface area contributed by atoms with E-state index < -0.39 is 0 Å². The van der Waals surface area contributed by atoms with E-state index in [1.165, 1.54) is 27.5 Å². The van der Waals surface area contributed by atoms with Gasteiger partial charge >= 0.3 is 0 Å². The molecule has 0 bridgehead atoms. The van der Waals surface area contributed by atoms with Gasteiger partial charge in [-0.05, 0) is 51.1 Å². The van der Waals surface area contributed by atoms with E-state index in [9.17, 15) is 0 Å². The lowest BCUT2D eigenvalue weighted by molar-refractivity contribution is 0.590. The van der Waals surface area contributed by atoms with Crippen LogP contribution in [0.2, 0.25) is 0 Å². The summed E-state index contributed by atoms with van der Waals surface area (Å²) in [6, 6.07) is 22.0. The normalized spacial score (nSPS) is 11.8. The second-order valence-electron chi connectivity index (χ2n) is 6.53. The van der Waals surface area contributed by atoms with Crippen LogP contribution in [-0.2, 0) is 5.41 Å². The van der Waals surface area contributed by atoms with Crippen LogP contribution in [0.4, 0.5) is 0 Å². The van der Waals surface area contributed by atoms with Crippen LogP contribution >= 0.6 is 15.9 Å². The Kier molecular flexibility index (Phi) is 3.62. The van der Waals surface area contributed by atoms with Crippen molar-refractivity contribution in [3.05, 3.63) is 70.7 Å². The molecule has 0 heterocycles. The molecule has 0 aromatic heterocycles. The molecule has 3 rings (SSSR count). The minimum Gasteiger partial charge on any atom is -0.0579 e. The molecule has 0 aliphatic carbocycles. The van der Waals surface area contributed by atoms with E-state index >= 15 is 0 Å². The van der Waals surface area contributed by atoms with E-state index in [-0.39, 0.29) is 5.41 Å². The van der Waals surface area contributed by atoms with Crippen molar-refractivity contribution >= 4 is 26.7 Å². The molecule has 0 spiro atoms. The Labute approximate surface area is 134 Å². The maximum atomic E-state index is 3.52. The summed E-state index contributed by atoms with van der Waals surface area (Å²) in [5.41, 5.74) is 4.11. The van der Waals surface area contributed by atoms with Crippen molar-refractivity contribution in [1.82, 2.24) is 0 Å². The quantitative estimate of drug-likeness (QED) is 0.470. The number of rotatable bonds is 1. The first-order chi connectivity index (χ1) is 9.93. The highest BCUT2D eigenvalue weighted by Crippen LogP contribution is 2.29. The summed E-state index contributed by atoms with van der Waals surface area (Å²) in [5, 5.41) is 2.54. The topological polar surface area (TPSA) is 0 Å². The molecule has 21 heavy (non-hydrogen) atoms. The molecule has 0 fully saturated rings. The Balaban J connectivity index is 2.02. The molecule has 0 nitrogen and oxygen atoms in total. The van der Waals surface area contributed by atoms with Gasteiger partial charge in [-0.1, -0.05) is 79.2 Å². The first-order valence-electron chi connectivity index (χ1n) is 7.24. The lowest BCUT2D eigenvalue weighted by atomic mass is 9.86. The summed E-state index contributed by atoms with van der Waals surface area (Å²) in [7, 11) is 0. The molecule has 0 saturated heterocycles. The van der Waals surface area contributed by atoms with Crippen molar-refractivity contribution in [2.24, 2.45) is 0 Å². The second kappa shape index (κ2) is 5.31. The van der Waals surface area contributed by atoms with Crippen LogP contribution in [0.25, 0.3) is 21.9 Å². The van der Waals surface area contributed by atoms with Gasteiger partial charge in [-0.3, -0.25) is 0 Å². The fourth-order valence-electron chi connectivity index (χ4n) is 2.56. The Bertz CT molecular complexity index is 777. The SMILES string of the molecule is CC(C)(C)c1ccc(-c2ccc3cc(Br)ccc3c2)cc1. The summed E-state index contributed by atoms with van der Waals surface area (Å²) in [5.74, 6) is 0. The zero-order valence-corrected chi connectivity index (χ0v) is 14.2. The highest BCUT2D eigenvalue weighted by atomic mass is 79.9. The molecule has 106 valence electrons. The third-order valence-electron chi connectivity index (χ3n) is 3.89. The lowest BCUT2D eigenvalue weighted by Crippen LogP contribution is -2.10. The molecule has 0 atom stereocenters. The fourth-order valence-corrected chi connectivity index (χ4v) is 2.94. The van der Waals surface area contributed by atoms with Gasteiger partial charge in [0.05, 0.1) is 0 Å². The maximum absolute atomic E-state index is 3.52. The van der Waals surface area contributed by atoms with E-state index in [0.717, 1.165) is 4.47 Å². The number of halogens is 1. The van der Waals surface area contributed by atoms with Crippen molar-refractivity contribution in [2.75, 3.05) is 0 Å². The van der Waals surface area contributed by atoms with E-state index in [4.69, 9.17) is 0 Å². The number of fused-ring (bicyclic) bond motifs is 1. The van der Waals surface area contributed by atoms with E-state index in [2.05, 4.69) is 97.4 Å². The Hall–Kier alpha value is -1.60. The first kappa shape index (κ1) is 14.3. The van der Waals surface area contributed by atoms with Gasteiger partial charge in [0.1, 0.15) is 0 Å². The summed E-state index contributed by atoms with van der Waals surface area (Å²) >= 11 is 3.52. The highest BCUT2D eigenvalue weighted by Gasteiger charge is 2.13. The summed E-state index contributed by atoms with van der Waals surface area (Å²) in [6.07, 6.45) is 0. The first-order valence-corrected chi connectivity index (χ1v) is 8.03. The Morgan fingerprint density at radius 2 is 1.24 bits per heavy atom. The van der Waals surface area contributed by atoms with E-state index in [0.29, 0.717) is 0 Å². The number of hydrogen-bond acceptors (Lipinski definition) is 0. The van der Waals surface area contributed by atoms with Gasteiger partial charge in [0.2, 0.25) is 0 Å². The van der Waals surface area contributed by atoms with Gasteiger partial charge in [-0.15, -0.1) is 0 Å². The average molecular weight is 339 g/mol. The molecule has 0 N–H and O–H groups in total. The molecular formula is C20H19Br. The van der Waals surface area contributed by atoms with Crippen LogP contribution in [0.5, 0.6) is 0 Å². The van der Waals surface area contributed by atoms with E-state index in [1.807, 2.05) is 0 Å². The Morgan fingerprint density at radius 1 is 0.667 bits per heavy atom. The largest absolute Gasteiger partial charge is 0.0579 e. The van der Waals surface area contributed by atoms with Gasteiger partial charge in [0.25, 0.3) is 0 Å². The lowest BCUT2D eigenvalue weighted by Gasteiger charge is -2.19. The zero-order chi connectivity index (χ0) is 15.0. The number of benzene rings is 3. The Morgan fingerprint density at radius 3 is 1.90 bits per heavy atom. The van der Waals surface area contributed by atoms with Gasteiger partial charge in [-0.2, -0.15) is 0 Å². The molecule has 0 aliphatic rings. The molecule has 0 aliphatic heterocycles. The highest BCUT2D eigenvalue weighted by molar-refractivity contribution is 9.10. The zero-order valence-electron chi connectivity index (χ0n) is 12.7. The monoisotopic (exact) mass is 338 g/mol. The van der Waals surface area contributed by atoms with Crippen LogP contribution in [-0.4, -0.2) is 0 Å². The van der Waals surface area contributed by atoms with Gasteiger partial charge in [0, 0.05) is 4.47 Å². The molecule has 0 amide bonds. The third-order valence-corrected chi connectivity index (χ3v) is 4.38. The molecule has 0 radical (unpaired) electrons. The maximum Gasteiger partial charge on any atom is 0.0181 e. The summed E-state index contributed by atoms with van der Waals surface area (Å²) in [4.78, 5) is 0. The molecule has 1 heteroatoms. The van der Waals surface area contributed by atoms with Crippen molar-refractivity contribution in [3.8, 4) is 11.1 Å². The smallest absolute Gasteiger partial charge is 0.0181 e. The fraction of sp³-hybridized carbons (Fsp3) is 0.200. The summed E-state index contributed by atoms with van der Waals surface area (Å²) in [6.45, 7) is 6.74. The average Bonchev–Trinajstić information content (AvgIpc) is 2.46. The van der Waals surface area contributed by atoms with Crippen molar-refractivity contribution in [3.63, 3.8) is 0 Å². The van der Waals surface area contributed by atoms with Crippen LogP contribution in [0.15, 0.2) is 65.1 Å². The standard InChI is InChI=1S/C20H19Br/c1-20(2,3)18-9-6-14(7-10-18)15-4-5-17-13-19(21)11-8-16(17)12-15/h4-13H,1-3H3. The number of hydrogen-bond donors (Lipinski definition) is 0. The third kappa shape index (κ3) is 3.03. The van der Waals surface area contributed by atoms with Crippen LogP contribution in [0, 0.1) is 0 Å². The van der Waals surface area contributed by atoms with Crippen molar-refractivity contribution in [1.29, 1.82) is 0 Å². The van der Waals surface area contributed by atoms with E-state index in [1.54, 1.807) is 0 Å². The molecule has 3 aromatic carbocycles. The van der Waals surface area contributed by atoms with Crippen molar-refractivity contribution < 1.29 is 0 Å². The molecule has 0 saturated carbocycles. The molecule has 3 aromatic rings. The summed E-state index contributed by atoms with van der Waals surface area (Å²) < 4.78 is 1.12. The second-order valence-corrected chi connectivity index (χ2v) is 7.45. The molecule has 0 unspecified atom stereocenters. The van der Waals surface area contributed by atoms with Gasteiger partial charge in [-0.25, -0.2) is 0 Å². The van der Waals surface area contributed by atoms with Gasteiger partial charge in [0.15, 0.2) is 0 Å². The van der Waals surface area contributed by atoms with Crippen LogP contribution in [0.1, 0.15) is 26.3 Å².